The molecular formula is C21H17N3OSe. The zero-order valence-electron chi connectivity index (χ0n) is 14.2. The molecule has 128 valence electrons. The average Bonchev–Trinajstić information content (AvgIpc) is 3.19. The van der Waals surface area contributed by atoms with E-state index in [9.17, 15) is 0 Å². The van der Waals surface area contributed by atoms with Crippen LogP contribution in [-0.2, 0) is 0 Å². The fourth-order valence-electron chi connectivity index (χ4n) is 2.68. The van der Waals surface area contributed by atoms with Crippen molar-refractivity contribution in [2.24, 2.45) is 0 Å². The topological polar surface area (TPSA) is 39.9 Å². The summed E-state index contributed by atoms with van der Waals surface area (Å²) in [5, 5.41) is 8.69. The summed E-state index contributed by atoms with van der Waals surface area (Å²) in [5.41, 5.74) is 2.98. The van der Waals surface area contributed by atoms with Crippen LogP contribution in [0.3, 0.4) is 0 Å². The summed E-state index contributed by atoms with van der Waals surface area (Å²) < 4.78 is 9.80. The number of nitrogens with zero attached hydrogens (tertiary/aromatic N) is 3. The first-order chi connectivity index (χ1) is 12.8. The van der Waals surface area contributed by atoms with Gasteiger partial charge in [0.1, 0.15) is 0 Å². The summed E-state index contributed by atoms with van der Waals surface area (Å²) in [6.45, 7) is 0. The van der Waals surface area contributed by atoms with E-state index >= 15 is 0 Å². The summed E-state index contributed by atoms with van der Waals surface area (Å²) in [7, 11) is 1.71. The molecule has 5 heteroatoms. The number of aromatic nitrogens is 3. The molecule has 3 aromatic carbocycles. The van der Waals surface area contributed by atoms with Gasteiger partial charge in [0.2, 0.25) is 0 Å². The Morgan fingerprint density at radius 3 is 2.31 bits per heavy atom. The molecule has 0 aliphatic carbocycles. The zero-order valence-corrected chi connectivity index (χ0v) is 16.0. The first-order valence-electron chi connectivity index (χ1n) is 8.23. The van der Waals surface area contributed by atoms with Crippen LogP contribution in [0.15, 0.2) is 85.1 Å². The fourth-order valence-corrected chi connectivity index (χ4v) is 4.88. The molecule has 0 spiro atoms. The van der Waals surface area contributed by atoms with Crippen LogP contribution < -0.4 is 13.7 Å². The SMILES string of the molecule is COc1ccccc1[Se]c1ccccc1-n1cc(-c2ccccc2)nn1. The second kappa shape index (κ2) is 7.56. The Hall–Kier alpha value is -2.88. The molecule has 26 heavy (non-hydrogen) atoms. The van der Waals surface area contributed by atoms with Gasteiger partial charge in [-0.3, -0.25) is 0 Å². The van der Waals surface area contributed by atoms with Crippen molar-refractivity contribution >= 4 is 23.9 Å². The van der Waals surface area contributed by atoms with E-state index in [4.69, 9.17) is 4.74 Å². The van der Waals surface area contributed by atoms with E-state index in [1.807, 2.05) is 65.5 Å². The second-order valence-corrected chi connectivity index (χ2v) is 7.91. The summed E-state index contributed by atoms with van der Waals surface area (Å²) in [6.07, 6.45) is 1.98. The van der Waals surface area contributed by atoms with Gasteiger partial charge >= 0.3 is 158 Å². The van der Waals surface area contributed by atoms with Gasteiger partial charge in [0.25, 0.3) is 0 Å². The molecule has 0 N–H and O–H groups in total. The monoisotopic (exact) mass is 407 g/mol. The summed E-state index contributed by atoms with van der Waals surface area (Å²) in [5.74, 6) is 0.922. The summed E-state index contributed by atoms with van der Waals surface area (Å²) in [6, 6.07) is 26.6. The molecular weight excluding hydrogens is 389 g/mol. The summed E-state index contributed by atoms with van der Waals surface area (Å²) >= 11 is 0.0993. The van der Waals surface area contributed by atoms with Crippen molar-refractivity contribution in [3.63, 3.8) is 0 Å². The third-order valence-electron chi connectivity index (χ3n) is 3.96. The first kappa shape index (κ1) is 16.6. The maximum absolute atomic E-state index is 5.51. The molecule has 0 saturated carbocycles. The van der Waals surface area contributed by atoms with E-state index in [2.05, 4.69) is 34.6 Å². The van der Waals surface area contributed by atoms with Crippen LogP contribution >= 0.6 is 0 Å². The van der Waals surface area contributed by atoms with E-state index < -0.39 is 0 Å². The molecule has 0 amide bonds. The second-order valence-electron chi connectivity index (χ2n) is 5.64. The minimum atomic E-state index is 0.0993. The quantitative estimate of drug-likeness (QED) is 0.479. The van der Waals surface area contributed by atoms with Crippen molar-refractivity contribution in [3.8, 4) is 22.7 Å². The van der Waals surface area contributed by atoms with Crippen LogP contribution in [0.2, 0.25) is 0 Å². The molecule has 1 aromatic heterocycles. The third-order valence-corrected chi connectivity index (χ3v) is 6.32. The van der Waals surface area contributed by atoms with Gasteiger partial charge in [-0.25, -0.2) is 0 Å². The van der Waals surface area contributed by atoms with E-state index in [1.165, 1.54) is 8.92 Å². The van der Waals surface area contributed by atoms with Crippen molar-refractivity contribution in [1.82, 2.24) is 15.0 Å². The van der Waals surface area contributed by atoms with Crippen LogP contribution in [0.25, 0.3) is 16.9 Å². The Bertz CT molecular complexity index is 1010. The normalized spacial score (nSPS) is 10.7. The van der Waals surface area contributed by atoms with Crippen LogP contribution in [0.5, 0.6) is 5.75 Å². The number of para-hydroxylation sites is 2. The van der Waals surface area contributed by atoms with Crippen LogP contribution in [0.1, 0.15) is 0 Å². The number of rotatable bonds is 5. The van der Waals surface area contributed by atoms with Crippen molar-refractivity contribution in [2.75, 3.05) is 7.11 Å². The summed E-state index contributed by atoms with van der Waals surface area (Å²) in [4.78, 5) is 0. The molecule has 1 heterocycles. The molecule has 0 aliphatic heterocycles. The molecule has 0 saturated heterocycles. The molecule has 0 bridgehead atoms. The number of hydrogen-bond donors (Lipinski definition) is 0. The van der Waals surface area contributed by atoms with Gasteiger partial charge in [-0.2, -0.15) is 0 Å². The van der Waals surface area contributed by atoms with Gasteiger partial charge in [0, 0.05) is 0 Å². The van der Waals surface area contributed by atoms with Crippen LogP contribution in [-0.4, -0.2) is 37.1 Å². The van der Waals surface area contributed by atoms with Gasteiger partial charge < -0.3 is 0 Å². The molecule has 0 atom stereocenters. The molecule has 0 unspecified atom stereocenters. The minimum absolute atomic E-state index is 0.0993. The molecule has 0 fully saturated rings. The Morgan fingerprint density at radius 1 is 0.808 bits per heavy atom. The van der Waals surface area contributed by atoms with Gasteiger partial charge in [-0.15, -0.1) is 0 Å². The van der Waals surface area contributed by atoms with Crippen molar-refractivity contribution in [1.29, 1.82) is 0 Å². The predicted molar refractivity (Wildman–Crippen MR) is 105 cm³/mol. The van der Waals surface area contributed by atoms with E-state index in [-0.39, 0.29) is 15.0 Å². The fraction of sp³-hybridized carbons (Fsp3) is 0.0476. The van der Waals surface area contributed by atoms with Crippen LogP contribution in [0, 0.1) is 0 Å². The number of ether oxygens (including phenoxy) is 1. The number of benzene rings is 3. The average molecular weight is 406 g/mol. The van der Waals surface area contributed by atoms with E-state index in [1.54, 1.807) is 7.11 Å². The Morgan fingerprint density at radius 2 is 1.50 bits per heavy atom. The van der Waals surface area contributed by atoms with Gasteiger partial charge in [-0.05, 0) is 0 Å². The maximum atomic E-state index is 5.51. The van der Waals surface area contributed by atoms with Crippen molar-refractivity contribution in [3.05, 3.63) is 85.1 Å². The Balaban J connectivity index is 1.70. The van der Waals surface area contributed by atoms with Gasteiger partial charge in [-0.1, -0.05) is 0 Å². The van der Waals surface area contributed by atoms with E-state index in [0.717, 1.165) is 22.7 Å². The van der Waals surface area contributed by atoms with Gasteiger partial charge in [0.05, 0.1) is 0 Å². The third kappa shape index (κ3) is 3.40. The molecule has 0 radical (unpaired) electrons. The molecule has 4 aromatic rings. The standard InChI is InChI=1S/C21H17N3OSe/c1-25-19-12-6-8-14-21(19)26-20-13-7-5-11-18(20)24-15-17(22-23-24)16-9-3-2-4-10-16/h2-15H,1H3. The predicted octanol–water partition coefficient (Wildman–Crippen LogP) is 2.60. The van der Waals surface area contributed by atoms with Crippen molar-refractivity contribution in [2.45, 2.75) is 0 Å². The van der Waals surface area contributed by atoms with E-state index in [0.29, 0.717) is 0 Å². The number of hydrogen-bond acceptors (Lipinski definition) is 3. The molecule has 4 nitrogen and oxygen atoms in total. The Kier molecular flexibility index (Phi) is 4.82. The number of methoxy groups -OCH3 is 1. The first-order valence-corrected chi connectivity index (χ1v) is 9.94. The van der Waals surface area contributed by atoms with Gasteiger partial charge in [0.15, 0.2) is 0 Å². The van der Waals surface area contributed by atoms with Crippen molar-refractivity contribution < 1.29 is 4.74 Å². The molecule has 4 rings (SSSR count). The molecule has 0 aliphatic rings. The zero-order chi connectivity index (χ0) is 17.8. The Labute approximate surface area is 158 Å². The van der Waals surface area contributed by atoms with Crippen LogP contribution in [0.4, 0.5) is 0 Å².